The van der Waals surface area contributed by atoms with Crippen molar-refractivity contribution >= 4 is 79.1 Å². The lowest BCUT2D eigenvalue weighted by Gasteiger charge is -2.22. The molecule has 2 atom stereocenters. The van der Waals surface area contributed by atoms with Gasteiger partial charge >= 0.3 is 0 Å². The van der Waals surface area contributed by atoms with E-state index >= 15 is 0 Å². The number of aromatic amines is 1. The van der Waals surface area contributed by atoms with Crippen molar-refractivity contribution in [3.63, 3.8) is 0 Å². The molecule has 316 valence electrons. The lowest BCUT2D eigenvalue weighted by atomic mass is 9.94. The number of aromatic hydroxyl groups is 2. The van der Waals surface area contributed by atoms with Crippen molar-refractivity contribution in [3.8, 4) is 23.0 Å². The number of benzene rings is 5. The van der Waals surface area contributed by atoms with Crippen LogP contribution in [0.3, 0.4) is 0 Å². The molecule has 4 heterocycles. The van der Waals surface area contributed by atoms with Crippen LogP contribution >= 0.6 is 34.5 Å². The smallest absolute Gasteiger partial charge is 0.258 e. The first-order chi connectivity index (χ1) is 30.7. The molecule has 0 saturated heterocycles. The topological polar surface area (TPSA) is 159 Å². The Bertz CT molecular complexity index is 3050. The molecule has 9 rings (SSSR count). The third kappa shape index (κ3) is 9.53. The zero-order valence-corrected chi connectivity index (χ0v) is 35.9. The molecule has 0 spiro atoms. The van der Waals surface area contributed by atoms with Crippen LogP contribution in [0.5, 0.6) is 23.0 Å². The first-order valence-electron chi connectivity index (χ1n) is 19.7. The quantitative estimate of drug-likeness (QED) is 0.0811. The van der Waals surface area contributed by atoms with Gasteiger partial charge in [0.15, 0.2) is 13.2 Å². The number of rotatable bonds is 12. The lowest BCUT2D eigenvalue weighted by molar-refractivity contribution is -0.124. The summed E-state index contributed by atoms with van der Waals surface area (Å²) < 4.78 is 11.2. The molecule has 4 aromatic heterocycles. The number of fused-ring (bicyclic) bond motifs is 3. The molecule has 9 aromatic rings. The number of aromatic nitrogens is 3. The highest BCUT2D eigenvalue weighted by molar-refractivity contribution is 7.10. The van der Waals surface area contributed by atoms with Gasteiger partial charge in [0.25, 0.3) is 11.8 Å². The van der Waals surface area contributed by atoms with Gasteiger partial charge in [-0.05, 0) is 96.0 Å². The molecule has 2 amide bonds. The number of pyridine rings is 2. The Labute approximate surface area is 375 Å². The van der Waals surface area contributed by atoms with Gasteiger partial charge in [0.2, 0.25) is 0 Å². The highest BCUT2D eigenvalue weighted by atomic mass is 35.5. The Balaban J connectivity index is 0.000000174. The molecule has 0 bridgehead atoms. The standard InChI is InChI=1S/C26H20ClN3O3.C23H19ClN2O3S/c27-21-14-20(26(32)25-18(21)10-5-12-28-25)24(19-9-4-6-16-11-13-29-23(16)19)30-22(31)15-33-17-7-2-1-3-8-17;1-14-9-11-30-23(14)21(26-19(27)13-29-15-6-3-2-4-7-15)17-12-18(24)16-8-5-10-25-20(16)22(17)28/h1-14,24,29,32H,15H2,(H,30,31);2-12,21,28H,13H2,1H3,(H,26,27). The summed E-state index contributed by atoms with van der Waals surface area (Å²) in [6.45, 7) is 1.64. The van der Waals surface area contributed by atoms with E-state index in [-0.39, 0.29) is 36.5 Å². The fourth-order valence-corrected chi connectivity index (χ4v) is 8.76. The molecule has 14 heteroatoms. The van der Waals surface area contributed by atoms with E-state index in [0.717, 1.165) is 26.9 Å². The zero-order valence-electron chi connectivity index (χ0n) is 33.6. The summed E-state index contributed by atoms with van der Waals surface area (Å²) in [5.74, 6) is 0.510. The predicted molar refractivity (Wildman–Crippen MR) is 248 cm³/mol. The minimum atomic E-state index is -0.692. The number of para-hydroxylation sites is 3. The Morgan fingerprint density at radius 2 is 1.21 bits per heavy atom. The van der Waals surface area contributed by atoms with Crippen LogP contribution in [-0.2, 0) is 9.59 Å². The summed E-state index contributed by atoms with van der Waals surface area (Å²) in [4.78, 5) is 38.4. The highest BCUT2D eigenvalue weighted by Gasteiger charge is 2.27. The van der Waals surface area contributed by atoms with Crippen molar-refractivity contribution in [1.29, 1.82) is 0 Å². The molecule has 0 fully saturated rings. The molecular weight excluding hydrogens is 858 g/mol. The second-order valence-corrected chi connectivity index (χ2v) is 16.1. The molecule has 0 saturated carbocycles. The van der Waals surface area contributed by atoms with Crippen molar-refractivity contribution < 1.29 is 29.3 Å². The molecule has 63 heavy (non-hydrogen) atoms. The van der Waals surface area contributed by atoms with Crippen LogP contribution in [0.4, 0.5) is 0 Å². The number of carbonyl (C=O) groups excluding carboxylic acids is 2. The maximum Gasteiger partial charge on any atom is 0.258 e. The second kappa shape index (κ2) is 19.3. The third-order valence-corrected chi connectivity index (χ3v) is 12.0. The van der Waals surface area contributed by atoms with Crippen molar-refractivity contribution in [1.82, 2.24) is 25.6 Å². The van der Waals surface area contributed by atoms with Crippen LogP contribution in [-0.4, -0.2) is 50.2 Å². The molecule has 0 radical (unpaired) electrons. The number of thiophene rings is 1. The fourth-order valence-electron chi connectivity index (χ4n) is 7.23. The van der Waals surface area contributed by atoms with Crippen molar-refractivity contribution in [2.45, 2.75) is 19.0 Å². The number of amides is 2. The van der Waals surface area contributed by atoms with Crippen LogP contribution in [0.25, 0.3) is 32.7 Å². The van der Waals surface area contributed by atoms with Gasteiger partial charge in [0.05, 0.1) is 27.6 Å². The van der Waals surface area contributed by atoms with Gasteiger partial charge in [-0.15, -0.1) is 11.3 Å². The Kier molecular flexibility index (Phi) is 13.0. The molecule has 5 N–H and O–H groups in total. The molecule has 2 unspecified atom stereocenters. The zero-order chi connectivity index (χ0) is 43.9. The number of halogens is 2. The van der Waals surface area contributed by atoms with E-state index in [9.17, 15) is 19.8 Å². The number of hydrogen-bond donors (Lipinski definition) is 5. The van der Waals surface area contributed by atoms with Crippen molar-refractivity contribution in [2.75, 3.05) is 13.2 Å². The number of phenols is 2. The summed E-state index contributed by atoms with van der Waals surface area (Å²) >= 11 is 14.5. The Hall–Kier alpha value is -7.12. The van der Waals surface area contributed by atoms with E-state index < -0.39 is 12.1 Å². The fraction of sp³-hybridized carbons (Fsp3) is 0.102. The van der Waals surface area contributed by atoms with Crippen LogP contribution in [0, 0.1) is 6.92 Å². The maximum absolute atomic E-state index is 12.9. The maximum atomic E-state index is 12.9. The summed E-state index contributed by atoms with van der Waals surface area (Å²) in [5.41, 5.74) is 4.35. The number of nitrogens with one attached hydrogen (secondary N) is 3. The van der Waals surface area contributed by atoms with Gasteiger partial charge in [0, 0.05) is 50.9 Å². The normalized spacial score (nSPS) is 12.0. The number of ether oxygens (including phenoxy) is 2. The summed E-state index contributed by atoms with van der Waals surface area (Å²) in [7, 11) is 0. The largest absolute Gasteiger partial charge is 0.505 e. The van der Waals surface area contributed by atoms with E-state index in [1.807, 2.05) is 85.2 Å². The van der Waals surface area contributed by atoms with Gasteiger partial charge in [-0.3, -0.25) is 19.6 Å². The van der Waals surface area contributed by atoms with Gasteiger partial charge in [0.1, 0.15) is 34.0 Å². The average molecular weight is 897 g/mol. The van der Waals surface area contributed by atoms with E-state index in [4.69, 9.17) is 32.7 Å². The summed E-state index contributed by atoms with van der Waals surface area (Å²) in [6, 6.07) is 37.1. The van der Waals surface area contributed by atoms with E-state index in [0.29, 0.717) is 54.5 Å². The Morgan fingerprint density at radius 1 is 0.667 bits per heavy atom. The minimum Gasteiger partial charge on any atom is -0.505 e. The van der Waals surface area contributed by atoms with Gasteiger partial charge in [-0.1, -0.05) is 77.8 Å². The second-order valence-electron chi connectivity index (χ2n) is 14.4. The molecule has 0 aliphatic heterocycles. The number of phenolic OH excluding ortho intramolecular Hbond substituents is 2. The van der Waals surface area contributed by atoms with Gasteiger partial charge in [-0.2, -0.15) is 0 Å². The van der Waals surface area contributed by atoms with E-state index in [2.05, 4.69) is 25.6 Å². The SMILES string of the molecule is Cc1ccsc1C(NC(=O)COc1ccccc1)c1cc(Cl)c2cccnc2c1O.O=C(COc1ccccc1)NC(c1cc(Cl)c2cccnc2c1O)c1cccc2cc[nH]c12. The Morgan fingerprint density at radius 3 is 1.75 bits per heavy atom. The number of nitrogens with zero attached hydrogens (tertiary/aromatic N) is 2. The highest BCUT2D eigenvalue weighted by Crippen LogP contribution is 2.41. The molecular formula is C49H39Cl2N5O6S. The van der Waals surface area contributed by atoms with Crippen molar-refractivity contribution in [2.24, 2.45) is 0 Å². The first-order valence-corrected chi connectivity index (χ1v) is 21.4. The van der Waals surface area contributed by atoms with Gasteiger partial charge < -0.3 is 35.3 Å². The molecule has 5 aromatic carbocycles. The van der Waals surface area contributed by atoms with Crippen LogP contribution in [0.15, 0.2) is 151 Å². The summed E-state index contributed by atoms with van der Waals surface area (Å²) in [6.07, 6.45) is 5.02. The molecule has 11 nitrogen and oxygen atoms in total. The summed E-state index contributed by atoms with van der Waals surface area (Å²) in [5, 5.41) is 33.2. The average Bonchev–Trinajstić information content (AvgIpc) is 3.99. The van der Waals surface area contributed by atoms with Crippen molar-refractivity contribution in [3.05, 3.63) is 189 Å². The number of aryl methyl sites for hydroxylation is 1. The van der Waals surface area contributed by atoms with E-state index in [1.165, 1.54) is 11.3 Å². The monoisotopic (exact) mass is 895 g/mol. The number of carbonyl (C=O) groups is 2. The number of hydrogen-bond acceptors (Lipinski definition) is 9. The van der Waals surface area contributed by atoms with Crippen LogP contribution in [0.2, 0.25) is 10.0 Å². The number of H-pyrrole nitrogens is 1. The predicted octanol–water partition coefficient (Wildman–Crippen LogP) is 10.6. The lowest BCUT2D eigenvalue weighted by Crippen LogP contribution is -2.33. The third-order valence-electron chi connectivity index (χ3n) is 10.2. The first kappa shape index (κ1) is 42.6. The van der Waals surface area contributed by atoms with Gasteiger partial charge in [-0.25, -0.2) is 0 Å². The van der Waals surface area contributed by atoms with Crippen LogP contribution in [0.1, 0.15) is 39.2 Å². The van der Waals surface area contributed by atoms with E-state index in [1.54, 1.807) is 73.1 Å². The van der Waals surface area contributed by atoms with Crippen LogP contribution < -0.4 is 20.1 Å². The molecule has 0 aliphatic carbocycles. The minimum absolute atomic E-state index is 0.00271. The molecule has 0 aliphatic rings.